The standard InChI is InChI=1S/C32H30FN5O5/c1-41-25-15-13-24(14-16-25)34-32(40)31(22-10-17-28(42-2)29(18-22)43-3)37(19-21-8-11-23(33)12-9-21)30(39)20-38-27-7-5-4-6-26(27)35-36-38/h4-18,31H,19-20H2,1-3H3,(H,34,40)/t31-/m0/s1. The summed E-state index contributed by atoms with van der Waals surface area (Å²) in [6.07, 6.45) is 0. The van der Waals surface area contributed by atoms with Crippen LogP contribution in [0.5, 0.6) is 17.2 Å². The van der Waals surface area contributed by atoms with Gasteiger partial charge in [0.25, 0.3) is 5.91 Å². The summed E-state index contributed by atoms with van der Waals surface area (Å²) in [6.45, 7) is -0.192. The molecule has 0 spiro atoms. The molecule has 1 N–H and O–H groups in total. The lowest BCUT2D eigenvalue weighted by atomic mass is 10.0. The first-order valence-corrected chi connectivity index (χ1v) is 13.4. The number of ether oxygens (including phenoxy) is 3. The molecule has 1 aromatic heterocycles. The van der Waals surface area contributed by atoms with Crippen LogP contribution in [0.1, 0.15) is 17.2 Å². The number of hydrogen-bond donors (Lipinski definition) is 1. The van der Waals surface area contributed by atoms with Crippen LogP contribution in [0.4, 0.5) is 10.1 Å². The van der Waals surface area contributed by atoms with E-state index in [-0.39, 0.29) is 13.1 Å². The number of hydrogen-bond acceptors (Lipinski definition) is 7. The third-order valence-corrected chi connectivity index (χ3v) is 6.93. The van der Waals surface area contributed by atoms with Crippen molar-refractivity contribution in [2.24, 2.45) is 0 Å². The average molecular weight is 584 g/mol. The maximum Gasteiger partial charge on any atom is 0.251 e. The van der Waals surface area contributed by atoms with Gasteiger partial charge >= 0.3 is 0 Å². The summed E-state index contributed by atoms with van der Waals surface area (Å²) in [4.78, 5) is 29.7. The van der Waals surface area contributed by atoms with Gasteiger partial charge in [0.1, 0.15) is 29.7 Å². The molecule has 10 nitrogen and oxygen atoms in total. The van der Waals surface area contributed by atoms with E-state index >= 15 is 0 Å². The first-order valence-electron chi connectivity index (χ1n) is 13.4. The number of carbonyl (C=O) groups is 2. The van der Waals surface area contributed by atoms with Gasteiger partial charge in [-0.15, -0.1) is 5.10 Å². The monoisotopic (exact) mass is 583 g/mol. The SMILES string of the molecule is COc1ccc(NC(=O)[C@H](c2ccc(OC)c(OC)c2)N(Cc2ccc(F)cc2)C(=O)Cn2nnc3ccccc32)cc1. The second-order valence-corrected chi connectivity index (χ2v) is 9.62. The molecular weight excluding hydrogens is 553 g/mol. The van der Waals surface area contributed by atoms with Gasteiger partial charge < -0.3 is 24.4 Å². The van der Waals surface area contributed by atoms with Gasteiger partial charge in [0.15, 0.2) is 11.5 Å². The van der Waals surface area contributed by atoms with Crippen molar-refractivity contribution in [2.45, 2.75) is 19.1 Å². The molecule has 0 aliphatic carbocycles. The number of aromatic nitrogens is 3. The third-order valence-electron chi connectivity index (χ3n) is 6.93. The van der Waals surface area contributed by atoms with E-state index in [9.17, 15) is 14.0 Å². The minimum absolute atomic E-state index is 0.000781. The molecule has 0 saturated carbocycles. The van der Waals surface area contributed by atoms with Gasteiger partial charge in [-0.05, 0) is 71.8 Å². The predicted octanol–water partition coefficient (Wildman–Crippen LogP) is 5.01. The number of nitrogens with zero attached hydrogens (tertiary/aromatic N) is 4. The van der Waals surface area contributed by atoms with Gasteiger partial charge in [-0.1, -0.05) is 35.5 Å². The number of para-hydroxylation sites is 1. The van der Waals surface area contributed by atoms with E-state index in [2.05, 4.69) is 15.6 Å². The highest BCUT2D eigenvalue weighted by Gasteiger charge is 2.33. The Morgan fingerprint density at radius 2 is 1.60 bits per heavy atom. The maximum atomic E-state index is 14.2. The number of methoxy groups -OCH3 is 3. The van der Waals surface area contributed by atoms with E-state index < -0.39 is 23.7 Å². The zero-order valence-electron chi connectivity index (χ0n) is 23.9. The Morgan fingerprint density at radius 1 is 0.884 bits per heavy atom. The first-order chi connectivity index (χ1) is 20.9. The second-order valence-electron chi connectivity index (χ2n) is 9.62. The molecule has 0 fully saturated rings. The van der Waals surface area contributed by atoms with Crippen LogP contribution < -0.4 is 19.5 Å². The fourth-order valence-electron chi connectivity index (χ4n) is 4.74. The molecular formula is C32H30FN5O5. The van der Waals surface area contributed by atoms with Crippen molar-refractivity contribution < 1.29 is 28.2 Å². The minimum Gasteiger partial charge on any atom is -0.497 e. The Balaban J connectivity index is 1.58. The molecule has 4 aromatic carbocycles. The number of nitrogens with one attached hydrogen (secondary N) is 1. The average Bonchev–Trinajstić information content (AvgIpc) is 3.44. The summed E-state index contributed by atoms with van der Waals surface area (Å²) in [5.74, 6) is 0.178. The largest absolute Gasteiger partial charge is 0.497 e. The van der Waals surface area contributed by atoms with Crippen molar-refractivity contribution in [3.63, 3.8) is 0 Å². The lowest BCUT2D eigenvalue weighted by Crippen LogP contribution is -2.42. The summed E-state index contributed by atoms with van der Waals surface area (Å²) >= 11 is 0. The molecule has 5 rings (SSSR count). The van der Waals surface area contributed by atoms with Crippen molar-refractivity contribution in [1.29, 1.82) is 0 Å². The topological polar surface area (TPSA) is 108 Å². The Kier molecular flexibility index (Phi) is 8.80. The molecule has 0 radical (unpaired) electrons. The number of halogens is 1. The lowest BCUT2D eigenvalue weighted by molar-refractivity contribution is -0.140. The minimum atomic E-state index is -1.13. The van der Waals surface area contributed by atoms with E-state index in [0.717, 1.165) is 0 Å². The molecule has 0 saturated heterocycles. The van der Waals surface area contributed by atoms with Crippen molar-refractivity contribution in [3.05, 3.63) is 108 Å². The van der Waals surface area contributed by atoms with E-state index in [1.165, 1.54) is 35.9 Å². The number of anilines is 1. The Labute approximate surface area is 247 Å². The van der Waals surface area contributed by atoms with Crippen LogP contribution in [0.25, 0.3) is 11.0 Å². The quantitative estimate of drug-likeness (QED) is 0.233. The van der Waals surface area contributed by atoms with Crippen molar-refractivity contribution >= 4 is 28.5 Å². The van der Waals surface area contributed by atoms with Gasteiger partial charge in [0.05, 0.1) is 26.8 Å². The molecule has 2 amide bonds. The first kappa shape index (κ1) is 29.1. The summed E-state index contributed by atoms with van der Waals surface area (Å²) in [5.41, 5.74) is 2.91. The molecule has 0 bridgehead atoms. The number of fused-ring (bicyclic) bond motifs is 1. The zero-order valence-corrected chi connectivity index (χ0v) is 23.9. The zero-order chi connectivity index (χ0) is 30.3. The van der Waals surface area contributed by atoms with Crippen LogP contribution in [0.2, 0.25) is 0 Å². The maximum absolute atomic E-state index is 14.2. The van der Waals surface area contributed by atoms with E-state index in [1.54, 1.807) is 67.8 Å². The van der Waals surface area contributed by atoms with E-state index in [0.29, 0.717) is 45.1 Å². The van der Waals surface area contributed by atoms with Gasteiger partial charge in [0.2, 0.25) is 5.91 Å². The Hall–Kier alpha value is -5.45. The predicted molar refractivity (Wildman–Crippen MR) is 158 cm³/mol. The van der Waals surface area contributed by atoms with Gasteiger partial charge in [-0.2, -0.15) is 0 Å². The number of rotatable bonds is 11. The van der Waals surface area contributed by atoms with Crippen LogP contribution >= 0.6 is 0 Å². The normalized spacial score (nSPS) is 11.5. The summed E-state index contributed by atoms with van der Waals surface area (Å²) in [5, 5.41) is 11.2. The molecule has 0 aliphatic rings. The van der Waals surface area contributed by atoms with Crippen LogP contribution in [0, 0.1) is 5.82 Å². The molecule has 220 valence electrons. The summed E-state index contributed by atoms with van der Waals surface area (Å²) in [6, 6.07) is 23.8. The molecule has 0 unspecified atom stereocenters. The number of carbonyl (C=O) groups excluding carboxylic acids is 2. The molecule has 1 atom stereocenters. The van der Waals surface area contributed by atoms with Crippen LogP contribution in [0.15, 0.2) is 91.0 Å². The molecule has 5 aromatic rings. The van der Waals surface area contributed by atoms with Crippen molar-refractivity contribution in [3.8, 4) is 17.2 Å². The summed E-state index contributed by atoms with van der Waals surface area (Å²) in [7, 11) is 4.56. The smallest absolute Gasteiger partial charge is 0.251 e. The van der Waals surface area contributed by atoms with Crippen LogP contribution in [-0.4, -0.2) is 53.0 Å². The molecule has 43 heavy (non-hydrogen) atoms. The van der Waals surface area contributed by atoms with E-state index in [1.807, 2.05) is 18.2 Å². The molecule has 11 heteroatoms. The fourth-order valence-corrected chi connectivity index (χ4v) is 4.74. The Morgan fingerprint density at radius 3 is 2.30 bits per heavy atom. The highest BCUT2D eigenvalue weighted by molar-refractivity contribution is 5.98. The second kappa shape index (κ2) is 13.0. The van der Waals surface area contributed by atoms with Gasteiger partial charge in [-0.25, -0.2) is 9.07 Å². The Bertz CT molecular complexity index is 1720. The third kappa shape index (κ3) is 6.56. The molecule has 0 aliphatic heterocycles. The van der Waals surface area contributed by atoms with Crippen LogP contribution in [-0.2, 0) is 22.7 Å². The highest BCUT2D eigenvalue weighted by atomic mass is 19.1. The van der Waals surface area contributed by atoms with Gasteiger partial charge in [0, 0.05) is 12.2 Å². The molecule has 1 heterocycles. The van der Waals surface area contributed by atoms with Crippen molar-refractivity contribution in [2.75, 3.05) is 26.6 Å². The number of benzene rings is 4. The fraction of sp³-hybridized carbons (Fsp3) is 0.188. The highest BCUT2D eigenvalue weighted by Crippen LogP contribution is 2.34. The number of amides is 2. The van der Waals surface area contributed by atoms with Crippen molar-refractivity contribution in [1.82, 2.24) is 19.9 Å². The van der Waals surface area contributed by atoms with Gasteiger partial charge in [-0.3, -0.25) is 9.59 Å². The van der Waals surface area contributed by atoms with Crippen LogP contribution in [0.3, 0.4) is 0 Å². The lowest BCUT2D eigenvalue weighted by Gasteiger charge is -2.32. The van der Waals surface area contributed by atoms with E-state index in [4.69, 9.17) is 14.2 Å². The summed E-state index contributed by atoms with van der Waals surface area (Å²) < 4.78 is 31.4.